The zero-order chi connectivity index (χ0) is 26.4. The molecular weight excluding hydrogens is 555 g/mol. The average Bonchev–Trinajstić information content (AvgIpc) is 2.96. The molecule has 0 aliphatic heterocycles. The first-order chi connectivity index (χ1) is 18.5. The maximum absolute atomic E-state index is 15.0. The Hall–Kier alpha value is -4.16. The Kier molecular flexibility index (Phi) is 7.15. The highest BCUT2D eigenvalue weighted by atomic mass is 79.9. The number of hydrogen-bond acceptors (Lipinski definition) is 3. The number of rotatable bonds is 5. The molecule has 1 aromatic heterocycles. The van der Waals surface area contributed by atoms with Crippen LogP contribution in [0.5, 0.6) is 11.5 Å². The van der Waals surface area contributed by atoms with E-state index < -0.39 is 0 Å². The molecule has 0 atom stereocenters. The van der Waals surface area contributed by atoms with Gasteiger partial charge in [0.15, 0.2) is 0 Å². The van der Waals surface area contributed by atoms with Crippen molar-refractivity contribution in [1.82, 2.24) is 0 Å². The summed E-state index contributed by atoms with van der Waals surface area (Å²) in [4.78, 5) is 2.07. The second-order valence-corrected chi connectivity index (χ2v) is 9.48. The number of hydrogen-bond donors (Lipinski definition) is 0. The van der Waals surface area contributed by atoms with E-state index in [1.54, 1.807) is 20.3 Å². The average molecular weight is 584 g/mol. The zero-order valence-corrected chi connectivity index (χ0v) is 23.8. The first-order valence-electron chi connectivity index (χ1n) is 12.5. The summed E-state index contributed by atoms with van der Waals surface area (Å²) in [6.07, 6.45) is 0. The smallest absolute Gasteiger partial charge is 0.225 e. The third-order valence-electron chi connectivity index (χ3n) is 7.16. The van der Waals surface area contributed by atoms with E-state index in [0.717, 1.165) is 61.2 Å². The molecule has 0 bridgehead atoms. The summed E-state index contributed by atoms with van der Waals surface area (Å²) in [5.41, 5.74) is 5.84. The van der Waals surface area contributed by atoms with Crippen molar-refractivity contribution < 1.29 is 35.4 Å². The molecule has 6 aromatic rings. The molecular formula is C33H28BrFN2O2. The van der Waals surface area contributed by atoms with Crippen molar-refractivity contribution >= 4 is 38.3 Å². The van der Waals surface area contributed by atoms with E-state index in [1.165, 1.54) is 0 Å². The van der Waals surface area contributed by atoms with Crippen LogP contribution in [-0.4, -0.2) is 28.3 Å². The number of fused-ring (bicyclic) bond motifs is 3. The van der Waals surface area contributed by atoms with Gasteiger partial charge >= 0.3 is 0 Å². The minimum atomic E-state index is -0.248. The number of nitrogens with zero attached hydrogens (tertiary/aromatic N) is 2. The predicted octanol–water partition coefficient (Wildman–Crippen LogP) is 4.32. The molecule has 0 spiro atoms. The van der Waals surface area contributed by atoms with Gasteiger partial charge < -0.3 is 31.4 Å². The number of aromatic nitrogens is 1. The van der Waals surface area contributed by atoms with E-state index in [-0.39, 0.29) is 22.8 Å². The predicted molar refractivity (Wildman–Crippen MR) is 153 cm³/mol. The molecule has 0 fully saturated rings. The van der Waals surface area contributed by atoms with Gasteiger partial charge in [-0.3, -0.25) is 0 Å². The minimum absolute atomic E-state index is 0. The van der Waals surface area contributed by atoms with Crippen LogP contribution in [0.4, 0.5) is 10.1 Å². The summed E-state index contributed by atoms with van der Waals surface area (Å²) < 4.78 is 29.3. The molecule has 6 rings (SSSR count). The maximum Gasteiger partial charge on any atom is 0.225 e. The maximum atomic E-state index is 15.0. The summed E-state index contributed by atoms with van der Waals surface area (Å²) in [6, 6.07) is 31.6. The fourth-order valence-corrected chi connectivity index (χ4v) is 5.42. The van der Waals surface area contributed by atoms with E-state index in [0.29, 0.717) is 5.39 Å². The fraction of sp³-hybridized carbons (Fsp3) is 0.121. The van der Waals surface area contributed by atoms with Gasteiger partial charge in [0.05, 0.1) is 25.0 Å². The van der Waals surface area contributed by atoms with Crippen molar-refractivity contribution in [2.45, 2.75) is 0 Å². The Labute approximate surface area is 237 Å². The van der Waals surface area contributed by atoms with Gasteiger partial charge in [-0.2, -0.15) is 4.57 Å². The summed E-state index contributed by atoms with van der Waals surface area (Å²) in [6.45, 7) is 0. The largest absolute Gasteiger partial charge is 1.00 e. The van der Waals surface area contributed by atoms with E-state index in [2.05, 4.69) is 33.7 Å². The third kappa shape index (κ3) is 4.25. The van der Waals surface area contributed by atoms with Gasteiger partial charge in [0.1, 0.15) is 17.3 Å². The first-order valence-corrected chi connectivity index (χ1v) is 12.5. The minimum Gasteiger partial charge on any atom is -1.00 e. The number of benzene rings is 5. The van der Waals surface area contributed by atoms with Crippen molar-refractivity contribution in [2.75, 3.05) is 33.2 Å². The van der Waals surface area contributed by atoms with E-state index >= 15 is 0 Å². The van der Waals surface area contributed by atoms with Crippen LogP contribution in [0.2, 0.25) is 0 Å². The van der Waals surface area contributed by atoms with Crippen LogP contribution in [-0.2, 0) is 0 Å². The molecule has 6 heteroatoms. The normalized spacial score (nSPS) is 11.0. The lowest BCUT2D eigenvalue weighted by Gasteiger charge is -2.20. The lowest BCUT2D eigenvalue weighted by molar-refractivity contribution is -0.537. The number of halogens is 2. The molecule has 0 saturated heterocycles. The molecule has 39 heavy (non-hydrogen) atoms. The van der Waals surface area contributed by atoms with Crippen molar-refractivity contribution in [3.05, 3.63) is 103 Å². The lowest BCUT2D eigenvalue weighted by Crippen LogP contribution is -3.00. The third-order valence-corrected chi connectivity index (χ3v) is 7.16. The molecule has 0 aliphatic rings. The molecule has 5 aromatic carbocycles. The Bertz CT molecular complexity index is 1840. The van der Waals surface area contributed by atoms with Gasteiger partial charge in [-0.25, -0.2) is 4.39 Å². The molecule has 0 N–H and O–H groups in total. The molecule has 0 amide bonds. The number of pyridine rings is 1. The highest BCUT2D eigenvalue weighted by molar-refractivity contribution is 6.17. The quantitative estimate of drug-likeness (QED) is 0.224. The van der Waals surface area contributed by atoms with Crippen molar-refractivity contribution in [1.29, 1.82) is 0 Å². The molecule has 0 radical (unpaired) electrons. The molecule has 1 heterocycles. The molecule has 0 saturated carbocycles. The highest BCUT2D eigenvalue weighted by Gasteiger charge is 2.29. The Morgan fingerprint density at radius 3 is 2.03 bits per heavy atom. The first kappa shape index (κ1) is 26.4. The summed E-state index contributed by atoms with van der Waals surface area (Å²) in [7, 11) is 7.42. The van der Waals surface area contributed by atoms with E-state index in [1.807, 2.05) is 80.8 Å². The Balaban J connectivity index is 0.00000308. The standard InChI is InChI=1S/C33H28FN2O2.BrH/c1-35(2)22-19-28-33(30(20-22)38-4)31(25-17-18-26(34)24-14-9-8-13-23(24)25)32-27(15-10-16-29(32)37-3)36(28)21-11-6-5-7-12-21;/h5-20H,1-4H3;1H/q+1;/p-1. The van der Waals surface area contributed by atoms with Crippen LogP contribution in [0.3, 0.4) is 0 Å². The van der Waals surface area contributed by atoms with Crippen molar-refractivity contribution in [3.63, 3.8) is 0 Å². The summed E-state index contributed by atoms with van der Waals surface area (Å²) in [5, 5.41) is 3.26. The molecule has 0 aliphatic carbocycles. The van der Waals surface area contributed by atoms with Gasteiger partial charge in [0.2, 0.25) is 16.7 Å². The van der Waals surface area contributed by atoms with Gasteiger partial charge in [-0.1, -0.05) is 54.6 Å². The highest BCUT2D eigenvalue weighted by Crippen LogP contribution is 2.46. The summed E-state index contributed by atoms with van der Waals surface area (Å²) in [5.74, 6) is 1.21. The van der Waals surface area contributed by atoms with Crippen LogP contribution in [0, 0.1) is 5.82 Å². The van der Waals surface area contributed by atoms with E-state index in [4.69, 9.17) is 9.47 Å². The Morgan fingerprint density at radius 1 is 0.667 bits per heavy atom. The number of ether oxygens (including phenoxy) is 2. The second kappa shape index (κ2) is 10.5. The number of methoxy groups -OCH3 is 2. The van der Waals surface area contributed by atoms with Crippen LogP contribution >= 0.6 is 0 Å². The van der Waals surface area contributed by atoms with Crippen LogP contribution in [0.25, 0.3) is 49.4 Å². The number of anilines is 1. The van der Waals surface area contributed by atoms with Crippen LogP contribution in [0.1, 0.15) is 0 Å². The number of para-hydroxylation sites is 1. The van der Waals surface area contributed by atoms with Gasteiger partial charge in [-0.05, 0) is 23.1 Å². The Morgan fingerprint density at radius 2 is 1.33 bits per heavy atom. The van der Waals surface area contributed by atoms with Crippen molar-refractivity contribution in [2.24, 2.45) is 0 Å². The molecule has 0 unspecified atom stereocenters. The van der Waals surface area contributed by atoms with Crippen molar-refractivity contribution in [3.8, 4) is 28.3 Å². The van der Waals surface area contributed by atoms with Gasteiger partial charge in [0.25, 0.3) is 0 Å². The van der Waals surface area contributed by atoms with Gasteiger partial charge in [0, 0.05) is 61.1 Å². The molecule has 4 nitrogen and oxygen atoms in total. The van der Waals surface area contributed by atoms with Crippen LogP contribution < -0.4 is 35.9 Å². The zero-order valence-electron chi connectivity index (χ0n) is 22.2. The summed E-state index contributed by atoms with van der Waals surface area (Å²) >= 11 is 0. The van der Waals surface area contributed by atoms with E-state index in [9.17, 15) is 4.39 Å². The fourth-order valence-electron chi connectivity index (χ4n) is 5.42. The molecule has 196 valence electrons. The van der Waals surface area contributed by atoms with Crippen LogP contribution in [0.15, 0.2) is 97.1 Å². The van der Waals surface area contributed by atoms with Gasteiger partial charge in [-0.15, -0.1) is 0 Å². The second-order valence-electron chi connectivity index (χ2n) is 9.48. The monoisotopic (exact) mass is 582 g/mol. The lowest BCUT2D eigenvalue weighted by atomic mass is 9.90. The topological polar surface area (TPSA) is 25.6 Å². The SMILES string of the molecule is COc1cccc2c1c(-c1ccc(F)c3ccccc13)c1c(OC)cc(N(C)C)cc1[n+]2-c1ccccc1.[Br-].